The molecule has 8 nitrogen and oxygen atoms in total. The summed E-state index contributed by atoms with van der Waals surface area (Å²) in [5.74, 6) is -1.97. The van der Waals surface area contributed by atoms with Crippen molar-refractivity contribution in [2.75, 3.05) is 12.9 Å². The van der Waals surface area contributed by atoms with E-state index < -0.39 is 51.9 Å². The van der Waals surface area contributed by atoms with E-state index in [9.17, 15) is 13.2 Å². The first kappa shape index (κ1) is 31.5. The second-order valence-corrected chi connectivity index (χ2v) is 13.3. The second kappa shape index (κ2) is 14.6. The lowest BCUT2D eigenvalue weighted by atomic mass is 9.86. The van der Waals surface area contributed by atoms with Gasteiger partial charge in [0.1, 0.15) is 0 Å². The van der Waals surface area contributed by atoms with Crippen molar-refractivity contribution in [3.8, 4) is 0 Å². The van der Waals surface area contributed by atoms with Crippen LogP contribution in [0, 0.1) is 5.92 Å². The number of carbonyl (C=O) groups is 1. The molecule has 0 aromatic carbocycles. The molecule has 3 rings (SSSR count). The quantitative estimate of drug-likeness (QED) is 0.0852. The number of carbonyl (C=O) groups excluding carboxylic acids is 1. The molecule has 0 aromatic rings. The molecule has 0 bridgehead atoms. The lowest BCUT2D eigenvalue weighted by Crippen LogP contribution is -2.44. The monoisotopic (exact) mass is 558 g/mol. The molecule has 0 radical (unpaired) electrons. The molecule has 0 saturated carbocycles. The fourth-order valence-electron chi connectivity index (χ4n) is 5.79. The van der Waals surface area contributed by atoms with Gasteiger partial charge in [-0.05, 0) is 46.0 Å². The van der Waals surface area contributed by atoms with E-state index in [2.05, 4.69) is 19.1 Å². The van der Waals surface area contributed by atoms with Gasteiger partial charge in [-0.3, -0.25) is 8.98 Å². The van der Waals surface area contributed by atoms with E-state index in [1.54, 1.807) is 13.8 Å². The lowest BCUT2D eigenvalue weighted by molar-refractivity contribution is -0.213. The molecule has 3 aliphatic rings. The van der Waals surface area contributed by atoms with Crippen LogP contribution in [0.2, 0.25) is 0 Å². The Labute approximate surface area is 230 Å². The predicted octanol–water partition coefficient (Wildman–Crippen LogP) is 6.18. The summed E-state index contributed by atoms with van der Waals surface area (Å²) in [4.78, 5) is 12.9. The third-order valence-corrected chi connectivity index (χ3v) is 8.33. The number of fused-ring (bicyclic) bond motifs is 2. The Bertz CT molecular complexity index is 870. The zero-order chi connectivity index (χ0) is 27.7. The summed E-state index contributed by atoms with van der Waals surface area (Å²) >= 11 is 0. The van der Waals surface area contributed by atoms with Gasteiger partial charge in [0.15, 0.2) is 23.8 Å². The Hall–Kier alpha value is -1.00. The number of ether oxygens (including phenoxy) is 4. The third kappa shape index (κ3) is 9.58. The molecule has 3 fully saturated rings. The van der Waals surface area contributed by atoms with Crippen LogP contribution < -0.4 is 0 Å². The molecule has 0 aromatic heterocycles. The molecule has 3 aliphatic heterocycles. The summed E-state index contributed by atoms with van der Waals surface area (Å²) in [7, 11) is -3.73. The molecule has 38 heavy (non-hydrogen) atoms. The smallest absolute Gasteiger partial charge is 0.312 e. The average molecular weight is 559 g/mol. The summed E-state index contributed by atoms with van der Waals surface area (Å²) in [5, 5.41) is 0. The van der Waals surface area contributed by atoms with Crippen molar-refractivity contribution in [2.45, 2.75) is 147 Å². The highest BCUT2D eigenvalue weighted by molar-refractivity contribution is 7.86. The summed E-state index contributed by atoms with van der Waals surface area (Å²) in [6, 6.07) is 0. The number of allylic oxidation sites excluding steroid dienone is 2. The van der Waals surface area contributed by atoms with E-state index in [0.29, 0.717) is 6.42 Å². The van der Waals surface area contributed by atoms with Gasteiger partial charge < -0.3 is 18.9 Å². The lowest BCUT2D eigenvalue weighted by Gasteiger charge is -2.28. The molecule has 0 amide bonds. The van der Waals surface area contributed by atoms with Gasteiger partial charge in [-0.25, -0.2) is 0 Å². The number of hydrogen-bond donors (Lipinski definition) is 0. The van der Waals surface area contributed by atoms with E-state index >= 15 is 0 Å². The van der Waals surface area contributed by atoms with Gasteiger partial charge in [0, 0.05) is 6.42 Å². The molecule has 220 valence electrons. The van der Waals surface area contributed by atoms with Crippen LogP contribution in [-0.2, 0) is 38.0 Å². The molecular formula is C29H50O8S. The molecule has 9 heteroatoms. The molecule has 1 spiro atoms. The number of rotatable bonds is 18. The first-order chi connectivity index (χ1) is 18.1. The minimum atomic E-state index is -3.73. The van der Waals surface area contributed by atoms with Crippen LogP contribution in [0.25, 0.3) is 0 Å². The summed E-state index contributed by atoms with van der Waals surface area (Å²) in [6.45, 7) is 6.00. The standard InChI is InChI=1S/C29H50O8S/c1-5-6-7-8-9-10-11-12-13-14-15-16-17-18-19-20-24(37-38(4,31)32)23-21-29(35-26(23)30)22-33-27-25(29)34-28(2,3)36-27/h12-13,23-25,27H,5-11,14-22H2,1-4H3/b13-12-/t23?,24?,25-,27+,29+/m0/s1. The zero-order valence-electron chi connectivity index (χ0n) is 24.0. The maximum Gasteiger partial charge on any atom is 0.312 e. The molecular weight excluding hydrogens is 508 g/mol. The molecule has 3 saturated heterocycles. The second-order valence-electron chi connectivity index (χ2n) is 11.7. The molecule has 2 unspecified atom stereocenters. The first-order valence-electron chi connectivity index (χ1n) is 14.8. The summed E-state index contributed by atoms with van der Waals surface area (Å²) < 4.78 is 52.7. The van der Waals surface area contributed by atoms with Crippen molar-refractivity contribution in [3.63, 3.8) is 0 Å². The summed E-state index contributed by atoms with van der Waals surface area (Å²) in [5.41, 5.74) is -0.970. The van der Waals surface area contributed by atoms with Crippen LogP contribution in [-0.4, -0.2) is 57.1 Å². The van der Waals surface area contributed by atoms with E-state index in [1.807, 2.05) is 0 Å². The molecule has 0 N–H and O–H groups in total. The van der Waals surface area contributed by atoms with E-state index in [4.69, 9.17) is 23.1 Å². The van der Waals surface area contributed by atoms with Gasteiger partial charge in [-0.15, -0.1) is 0 Å². The minimum Gasteiger partial charge on any atom is -0.453 e. The Morgan fingerprint density at radius 3 is 2.18 bits per heavy atom. The van der Waals surface area contributed by atoms with Crippen molar-refractivity contribution < 1.29 is 36.3 Å². The van der Waals surface area contributed by atoms with E-state index in [0.717, 1.165) is 44.8 Å². The zero-order valence-corrected chi connectivity index (χ0v) is 24.8. The summed E-state index contributed by atoms with van der Waals surface area (Å²) in [6.07, 6.45) is 20.0. The van der Waals surface area contributed by atoms with Crippen LogP contribution >= 0.6 is 0 Å². The Morgan fingerprint density at radius 1 is 0.947 bits per heavy atom. The highest BCUT2D eigenvalue weighted by atomic mass is 32.2. The highest BCUT2D eigenvalue weighted by Crippen LogP contribution is 2.49. The highest BCUT2D eigenvalue weighted by Gasteiger charge is 2.65. The average Bonchev–Trinajstić information content (AvgIpc) is 3.45. The van der Waals surface area contributed by atoms with Gasteiger partial charge >= 0.3 is 5.97 Å². The fraction of sp³-hybridized carbons (Fsp3) is 0.897. The normalized spacial score (nSPS) is 29.4. The first-order valence-corrected chi connectivity index (χ1v) is 16.6. The maximum absolute atomic E-state index is 12.9. The number of unbranched alkanes of at least 4 members (excludes halogenated alkanes) is 11. The van der Waals surface area contributed by atoms with Gasteiger partial charge in [-0.1, -0.05) is 76.9 Å². The van der Waals surface area contributed by atoms with Crippen molar-refractivity contribution in [1.29, 1.82) is 0 Å². The number of hydrogen-bond acceptors (Lipinski definition) is 8. The van der Waals surface area contributed by atoms with Gasteiger partial charge in [-0.2, -0.15) is 8.42 Å². The maximum atomic E-state index is 12.9. The molecule has 3 heterocycles. The SMILES string of the molecule is CCCCCCCC/C=C\CCCCCCCC(OS(C)(=O)=O)C1C[C@]2(CO[C@@H]3OC(C)(C)O[C@@H]32)OC1=O. The molecule has 5 atom stereocenters. The van der Waals surface area contributed by atoms with Crippen LogP contribution in [0.15, 0.2) is 12.2 Å². The Morgan fingerprint density at radius 2 is 1.55 bits per heavy atom. The van der Waals surface area contributed by atoms with E-state index in [-0.39, 0.29) is 13.0 Å². The van der Waals surface area contributed by atoms with Crippen LogP contribution in [0.1, 0.15) is 117 Å². The van der Waals surface area contributed by atoms with Crippen molar-refractivity contribution in [3.05, 3.63) is 12.2 Å². The number of esters is 1. The Kier molecular flexibility index (Phi) is 12.1. The van der Waals surface area contributed by atoms with E-state index in [1.165, 1.54) is 44.9 Å². The largest absolute Gasteiger partial charge is 0.453 e. The van der Waals surface area contributed by atoms with Crippen molar-refractivity contribution in [1.82, 2.24) is 0 Å². The minimum absolute atomic E-state index is 0.166. The van der Waals surface area contributed by atoms with Gasteiger partial charge in [0.05, 0.1) is 24.9 Å². The van der Waals surface area contributed by atoms with Crippen LogP contribution in [0.3, 0.4) is 0 Å². The predicted molar refractivity (Wildman–Crippen MR) is 146 cm³/mol. The van der Waals surface area contributed by atoms with Crippen LogP contribution in [0.4, 0.5) is 0 Å². The van der Waals surface area contributed by atoms with Crippen molar-refractivity contribution >= 4 is 16.1 Å². The topological polar surface area (TPSA) is 97.4 Å². The van der Waals surface area contributed by atoms with Crippen molar-refractivity contribution in [2.24, 2.45) is 5.92 Å². The third-order valence-electron chi connectivity index (χ3n) is 7.74. The fourth-order valence-corrected chi connectivity index (χ4v) is 6.47. The molecule has 0 aliphatic carbocycles. The van der Waals surface area contributed by atoms with Gasteiger partial charge in [0.25, 0.3) is 10.1 Å². The van der Waals surface area contributed by atoms with Crippen LogP contribution in [0.5, 0.6) is 0 Å². The van der Waals surface area contributed by atoms with Gasteiger partial charge in [0.2, 0.25) is 0 Å². The Balaban J connectivity index is 1.36.